The van der Waals surface area contributed by atoms with Crippen molar-refractivity contribution in [2.75, 3.05) is 4.31 Å². The summed E-state index contributed by atoms with van der Waals surface area (Å²) in [5, 5.41) is 14.4. The Morgan fingerprint density at radius 2 is 1.74 bits per heavy atom. The number of carboxylic acids is 1. The van der Waals surface area contributed by atoms with Crippen molar-refractivity contribution in [1.82, 2.24) is 0 Å². The number of nitrogens with zero attached hydrogens (tertiary/aromatic N) is 1. The first-order chi connectivity index (χ1) is 12.4. The monoisotopic (exact) mass is 410 g/mol. The van der Waals surface area contributed by atoms with Crippen LogP contribution in [0.1, 0.15) is 28.4 Å². The second-order valence-electron chi connectivity index (χ2n) is 6.47. The molecule has 27 heavy (non-hydrogen) atoms. The van der Waals surface area contributed by atoms with Crippen LogP contribution in [-0.4, -0.2) is 34.0 Å². The van der Waals surface area contributed by atoms with Crippen molar-refractivity contribution in [3.63, 3.8) is 0 Å². The van der Waals surface area contributed by atoms with Crippen molar-refractivity contribution in [1.29, 1.82) is 0 Å². The van der Waals surface area contributed by atoms with E-state index in [-0.39, 0.29) is 15.4 Å². The first kappa shape index (κ1) is 19.3. The molecular formula is C17H18N2O6S2. The lowest BCUT2D eigenvalue weighted by Crippen LogP contribution is -2.35. The van der Waals surface area contributed by atoms with Gasteiger partial charge in [0.25, 0.3) is 10.0 Å². The zero-order chi connectivity index (χ0) is 20.1. The van der Waals surface area contributed by atoms with Gasteiger partial charge in [-0.3, -0.25) is 4.31 Å². The first-order valence-electron chi connectivity index (χ1n) is 7.97. The molecular weight excluding hydrogens is 392 g/mol. The van der Waals surface area contributed by atoms with Crippen LogP contribution in [0.3, 0.4) is 0 Å². The third kappa shape index (κ3) is 3.31. The Kier molecular flexibility index (Phi) is 4.53. The number of primary sulfonamides is 1. The number of hydrogen-bond donors (Lipinski definition) is 2. The predicted octanol–water partition coefficient (Wildman–Crippen LogP) is 1.48. The fourth-order valence-electron chi connectivity index (χ4n) is 3.23. The Morgan fingerprint density at radius 3 is 2.33 bits per heavy atom. The van der Waals surface area contributed by atoms with E-state index in [1.165, 1.54) is 34.6 Å². The number of sulfonamides is 2. The maximum atomic E-state index is 13.2. The van der Waals surface area contributed by atoms with E-state index in [4.69, 9.17) is 5.14 Å². The highest BCUT2D eigenvalue weighted by Crippen LogP contribution is 2.38. The zero-order valence-corrected chi connectivity index (χ0v) is 16.2. The standard InChI is InChI=1S/C17H18N2O6S2/c1-10-3-4-14(9-15(10)17(20)21)27(24,25)19-11(2)7-12-8-13(26(18,22)23)5-6-16(12)19/h3-6,8-9,11H,7H2,1-2H3,(H,20,21)(H2,18,22,23). The third-order valence-electron chi connectivity index (χ3n) is 4.53. The van der Waals surface area contributed by atoms with Crippen molar-refractivity contribution in [3.05, 3.63) is 53.1 Å². The second-order valence-corrected chi connectivity index (χ2v) is 9.85. The van der Waals surface area contributed by atoms with Crippen LogP contribution in [0.25, 0.3) is 0 Å². The lowest BCUT2D eigenvalue weighted by Gasteiger charge is -2.24. The number of aryl methyl sites for hydroxylation is 1. The van der Waals surface area contributed by atoms with Crippen LogP contribution in [0, 0.1) is 6.92 Å². The molecule has 3 rings (SSSR count). The van der Waals surface area contributed by atoms with Gasteiger partial charge < -0.3 is 5.11 Å². The van der Waals surface area contributed by atoms with Crippen molar-refractivity contribution < 1.29 is 26.7 Å². The van der Waals surface area contributed by atoms with Crippen LogP contribution in [0.15, 0.2) is 46.2 Å². The quantitative estimate of drug-likeness (QED) is 0.784. The Morgan fingerprint density at radius 1 is 1.11 bits per heavy atom. The molecule has 0 fully saturated rings. The molecule has 2 aromatic rings. The van der Waals surface area contributed by atoms with Crippen LogP contribution >= 0.6 is 0 Å². The summed E-state index contributed by atoms with van der Waals surface area (Å²) in [6.07, 6.45) is 0.315. The van der Waals surface area contributed by atoms with Gasteiger partial charge in [0, 0.05) is 6.04 Å². The van der Waals surface area contributed by atoms with E-state index < -0.39 is 32.1 Å². The molecule has 0 saturated heterocycles. The second kappa shape index (κ2) is 6.32. The van der Waals surface area contributed by atoms with Gasteiger partial charge in [0.15, 0.2) is 0 Å². The molecule has 0 bridgehead atoms. The summed E-state index contributed by atoms with van der Waals surface area (Å²) in [6.45, 7) is 3.28. The molecule has 0 saturated carbocycles. The number of aromatic carboxylic acids is 1. The minimum atomic E-state index is -4.03. The summed E-state index contributed by atoms with van der Waals surface area (Å²) < 4.78 is 50.6. The molecule has 1 unspecified atom stereocenters. The molecule has 0 aromatic heterocycles. The normalized spacial score (nSPS) is 17.0. The Balaban J connectivity index is 2.12. The van der Waals surface area contributed by atoms with Crippen molar-refractivity contribution in [2.45, 2.75) is 36.1 Å². The van der Waals surface area contributed by atoms with Gasteiger partial charge in [-0.25, -0.2) is 26.8 Å². The summed E-state index contributed by atoms with van der Waals surface area (Å²) in [4.78, 5) is 11.1. The molecule has 8 nitrogen and oxygen atoms in total. The van der Waals surface area contributed by atoms with Crippen LogP contribution in [0.2, 0.25) is 0 Å². The van der Waals surface area contributed by atoms with Gasteiger partial charge in [-0.15, -0.1) is 0 Å². The Labute approximate surface area is 157 Å². The number of carbonyl (C=O) groups is 1. The Bertz CT molecular complexity index is 1160. The van der Waals surface area contributed by atoms with Crippen LogP contribution in [0.5, 0.6) is 0 Å². The lowest BCUT2D eigenvalue weighted by atomic mass is 10.1. The van der Waals surface area contributed by atoms with Gasteiger partial charge in [0.05, 0.1) is 21.0 Å². The molecule has 1 atom stereocenters. The summed E-state index contributed by atoms with van der Waals surface area (Å²) in [7, 11) is -7.93. The molecule has 0 radical (unpaired) electrons. The number of benzene rings is 2. The van der Waals surface area contributed by atoms with Crippen molar-refractivity contribution in [3.8, 4) is 0 Å². The molecule has 1 heterocycles. The van der Waals surface area contributed by atoms with E-state index >= 15 is 0 Å². The Hall–Kier alpha value is -2.43. The highest BCUT2D eigenvalue weighted by molar-refractivity contribution is 7.93. The van der Waals surface area contributed by atoms with E-state index in [0.717, 1.165) is 6.07 Å². The topological polar surface area (TPSA) is 135 Å². The zero-order valence-electron chi connectivity index (χ0n) is 14.6. The average Bonchev–Trinajstić information content (AvgIpc) is 2.89. The molecule has 0 spiro atoms. The van der Waals surface area contributed by atoms with E-state index in [1.54, 1.807) is 13.8 Å². The summed E-state index contributed by atoms with van der Waals surface area (Å²) in [6, 6.07) is 7.51. The smallest absolute Gasteiger partial charge is 0.335 e. The van der Waals surface area contributed by atoms with E-state index in [2.05, 4.69) is 0 Å². The van der Waals surface area contributed by atoms with Crippen LogP contribution < -0.4 is 9.44 Å². The number of fused-ring (bicyclic) bond motifs is 1. The number of hydrogen-bond acceptors (Lipinski definition) is 5. The van der Waals surface area contributed by atoms with Crippen molar-refractivity contribution >= 4 is 31.7 Å². The maximum absolute atomic E-state index is 13.2. The van der Waals surface area contributed by atoms with Gasteiger partial charge in [0.1, 0.15) is 0 Å². The van der Waals surface area contributed by atoms with E-state index in [1.807, 2.05) is 0 Å². The molecule has 1 aliphatic rings. The van der Waals surface area contributed by atoms with E-state index in [9.17, 15) is 26.7 Å². The predicted molar refractivity (Wildman–Crippen MR) is 98.8 cm³/mol. The number of carboxylic acid groups (broad SMARTS) is 1. The van der Waals surface area contributed by atoms with Gasteiger partial charge in [-0.05, 0) is 61.7 Å². The van der Waals surface area contributed by atoms with Gasteiger partial charge in [-0.2, -0.15) is 0 Å². The molecule has 2 aromatic carbocycles. The van der Waals surface area contributed by atoms with Gasteiger partial charge in [0.2, 0.25) is 10.0 Å². The fourth-order valence-corrected chi connectivity index (χ4v) is 5.51. The minimum Gasteiger partial charge on any atom is -0.478 e. The van der Waals surface area contributed by atoms with Gasteiger partial charge in [-0.1, -0.05) is 6.07 Å². The fraction of sp³-hybridized carbons (Fsp3) is 0.235. The third-order valence-corrected chi connectivity index (χ3v) is 7.36. The van der Waals surface area contributed by atoms with Crippen LogP contribution in [-0.2, 0) is 26.5 Å². The average molecular weight is 410 g/mol. The highest BCUT2D eigenvalue weighted by Gasteiger charge is 2.37. The lowest BCUT2D eigenvalue weighted by molar-refractivity contribution is 0.0696. The first-order valence-corrected chi connectivity index (χ1v) is 11.0. The highest BCUT2D eigenvalue weighted by atomic mass is 32.2. The molecule has 0 aliphatic carbocycles. The molecule has 144 valence electrons. The molecule has 1 aliphatic heterocycles. The molecule has 3 N–H and O–H groups in total. The number of nitrogens with two attached hydrogens (primary N) is 1. The van der Waals surface area contributed by atoms with Crippen molar-refractivity contribution in [2.24, 2.45) is 5.14 Å². The minimum absolute atomic E-state index is 0.0869. The van der Waals surface area contributed by atoms with E-state index in [0.29, 0.717) is 23.2 Å². The summed E-state index contributed by atoms with van der Waals surface area (Å²) in [5.74, 6) is -1.21. The molecule has 10 heteroatoms. The number of rotatable bonds is 4. The largest absolute Gasteiger partial charge is 0.478 e. The SMILES string of the molecule is Cc1ccc(S(=O)(=O)N2c3ccc(S(N)(=O)=O)cc3CC2C)cc1C(=O)O. The van der Waals surface area contributed by atoms with Gasteiger partial charge >= 0.3 is 5.97 Å². The number of anilines is 1. The maximum Gasteiger partial charge on any atom is 0.335 e. The molecule has 0 amide bonds. The summed E-state index contributed by atoms with van der Waals surface area (Å²) >= 11 is 0. The van der Waals surface area contributed by atoms with Crippen LogP contribution in [0.4, 0.5) is 5.69 Å². The summed E-state index contributed by atoms with van der Waals surface area (Å²) in [5.41, 5.74) is 1.26.